The number of aromatic nitrogens is 2. The number of aryl methyl sites for hydroxylation is 2. The molecule has 0 atom stereocenters. The number of carbonyl (C=O) groups is 2. The van der Waals surface area contributed by atoms with Gasteiger partial charge in [0.15, 0.2) is 11.4 Å². The molecule has 1 aromatic rings. The molecule has 0 bridgehead atoms. The third-order valence-corrected chi connectivity index (χ3v) is 2.00. The molecule has 0 amide bonds. The number of rotatable bonds is 2. The van der Waals surface area contributed by atoms with Gasteiger partial charge in [0.1, 0.15) is 0 Å². The minimum absolute atomic E-state index is 0.104. The van der Waals surface area contributed by atoms with Crippen LogP contribution in [-0.2, 0) is 9.47 Å². The van der Waals surface area contributed by atoms with Gasteiger partial charge in [-0.25, -0.2) is 19.6 Å². The monoisotopic (exact) mass is 224 g/mol. The Bertz CT molecular complexity index is 401. The number of ether oxygens (including phenoxy) is 2. The average Bonchev–Trinajstić information content (AvgIpc) is 2.29. The van der Waals surface area contributed by atoms with Crippen LogP contribution in [0.4, 0.5) is 0 Å². The highest BCUT2D eigenvalue weighted by molar-refractivity contribution is 5.91. The van der Waals surface area contributed by atoms with Gasteiger partial charge >= 0.3 is 11.9 Å². The zero-order valence-electron chi connectivity index (χ0n) is 9.53. The molecule has 0 aromatic carbocycles. The lowest BCUT2D eigenvalue weighted by molar-refractivity contribution is 0.0573. The van der Waals surface area contributed by atoms with Gasteiger partial charge in [-0.2, -0.15) is 0 Å². The largest absolute Gasteiger partial charge is 0.464 e. The van der Waals surface area contributed by atoms with E-state index in [0.29, 0.717) is 11.4 Å². The van der Waals surface area contributed by atoms with Crippen molar-refractivity contribution in [2.75, 3.05) is 14.2 Å². The molecule has 1 rings (SSSR count). The van der Waals surface area contributed by atoms with Crippen molar-refractivity contribution in [3.63, 3.8) is 0 Å². The summed E-state index contributed by atoms with van der Waals surface area (Å²) in [6, 6.07) is 0. The molecule has 6 nitrogen and oxygen atoms in total. The molecular weight excluding hydrogens is 212 g/mol. The molecule has 0 unspecified atom stereocenters. The summed E-state index contributed by atoms with van der Waals surface area (Å²) in [6.45, 7) is 3.15. The van der Waals surface area contributed by atoms with Gasteiger partial charge in [0.05, 0.1) is 25.6 Å². The second kappa shape index (κ2) is 4.69. The van der Waals surface area contributed by atoms with Crippen LogP contribution in [-0.4, -0.2) is 36.1 Å². The molecule has 0 saturated carbocycles. The minimum atomic E-state index is -0.579. The molecule has 0 aliphatic rings. The van der Waals surface area contributed by atoms with E-state index >= 15 is 0 Å². The van der Waals surface area contributed by atoms with Crippen molar-refractivity contribution in [3.05, 3.63) is 22.8 Å². The van der Waals surface area contributed by atoms with Crippen LogP contribution >= 0.6 is 0 Å². The molecule has 0 N–H and O–H groups in total. The van der Waals surface area contributed by atoms with Crippen LogP contribution in [0.15, 0.2) is 0 Å². The highest BCUT2D eigenvalue weighted by Crippen LogP contribution is 2.10. The number of methoxy groups -OCH3 is 2. The van der Waals surface area contributed by atoms with Gasteiger partial charge in [0, 0.05) is 0 Å². The quantitative estimate of drug-likeness (QED) is 0.687. The Kier molecular flexibility index (Phi) is 3.55. The standard InChI is InChI=1S/C10H12N2O4/c1-5-7(9(13)15-3)12-6(2)8(11-5)10(14)16-4/h1-4H3. The fraction of sp³-hybridized carbons (Fsp3) is 0.400. The first kappa shape index (κ1) is 12.1. The second-order valence-corrected chi connectivity index (χ2v) is 3.07. The van der Waals surface area contributed by atoms with Crippen LogP contribution in [0.1, 0.15) is 32.4 Å². The predicted molar refractivity (Wildman–Crippen MR) is 54.2 cm³/mol. The normalized spacial score (nSPS) is 9.75. The van der Waals surface area contributed by atoms with Crippen LogP contribution in [0.5, 0.6) is 0 Å². The van der Waals surface area contributed by atoms with E-state index in [1.165, 1.54) is 14.2 Å². The van der Waals surface area contributed by atoms with Crippen molar-refractivity contribution < 1.29 is 19.1 Å². The van der Waals surface area contributed by atoms with Crippen molar-refractivity contribution >= 4 is 11.9 Å². The van der Waals surface area contributed by atoms with Gasteiger partial charge in [0.25, 0.3) is 0 Å². The summed E-state index contributed by atoms with van der Waals surface area (Å²) in [6.07, 6.45) is 0. The van der Waals surface area contributed by atoms with Gasteiger partial charge in [-0.3, -0.25) is 0 Å². The average molecular weight is 224 g/mol. The molecular formula is C10H12N2O4. The van der Waals surface area contributed by atoms with Gasteiger partial charge < -0.3 is 9.47 Å². The Morgan fingerprint density at radius 2 is 1.19 bits per heavy atom. The highest BCUT2D eigenvalue weighted by atomic mass is 16.5. The predicted octanol–water partition coefficient (Wildman–Crippen LogP) is 0.667. The molecule has 0 aliphatic carbocycles. The van der Waals surface area contributed by atoms with Crippen molar-refractivity contribution in [3.8, 4) is 0 Å². The SMILES string of the molecule is COC(=O)c1nc(C)c(C(=O)OC)nc1C. The zero-order chi connectivity index (χ0) is 12.3. The van der Waals surface area contributed by atoms with Crippen molar-refractivity contribution in [1.82, 2.24) is 9.97 Å². The lowest BCUT2D eigenvalue weighted by Crippen LogP contribution is -2.15. The fourth-order valence-electron chi connectivity index (χ4n) is 1.18. The third-order valence-electron chi connectivity index (χ3n) is 2.00. The summed E-state index contributed by atoms with van der Waals surface area (Å²) in [5, 5.41) is 0. The summed E-state index contributed by atoms with van der Waals surface area (Å²) in [7, 11) is 2.51. The van der Waals surface area contributed by atoms with Gasteiger partial charge in [0.2, 0.25) is 0 Å². The summed E-state index contributed by atoms with van der Waals surface area (Å²) >= 11 is 0. The molecule has 0 aliphatic heterocycles. The maximum absolute atomic E-state index is 11.3. The van der Waals surface area contributed by atoms with E-state index in [2.05, 4.69) is 19.4 Å². The molecule has 1 aromatic heterocycles. The molecule has 16 heavy (non-hydrogen) atoms. The van der Waals surface area contributed by atoms with Gasteiger partial charge in [-0.05, 0) is 13.8 Å². The Morgan fingerprint density at radius 3 is 1.44 bits per heavy atom. The van der Waals surface area contributed by atoms with Gasteiger partial charge in [-0.15, -0.1) is 0 Å². The molecule has 0 radical (unpaired) electrons. The summed E-state index contributed by atoms with van der Waals surface area (Å²) in [5.41, 5.74) is 0.871. The van der Waals surface area contributed by atoms with Gasteiger partial charge in [-0.1, -0.05) is 0 Å². The number of hydrogen-bond acceptors (Lipinski definition) is 6. The van der Waals surface area contributed by atoms with E-state index < -0.39 is 11.9 Å². The summed E-state index contributed by atoms with van der Waals surface area (Å²) < 4.78 is 9.08. The zero-order valence-corrected chi connectivity index (χ0v) is 9.53. The molecule has 0 spiro atoms. The molecule has 0 saturated heterocycles. The second-order valence-electron chi connectivity index (χ2n) is 3.07. The Morgan fingerprint density at radius 1 is 0.875 bits per heavy atom. The molecule has 6 heteroatoms. The maximum Gasteiger partial charge on any atom is 0.358 e. The Hall–Kier alpha value is -1.98. The molecule has 1 heterocycles. The smallest absolute Gasteiger partial charge is 0.358 e. The lowest BCUT2D eigenvalue weighted by atomic mass is 10.2. The highest BCUT2D eigenvalue weighted by Gasteiger charge is 2.19. The van der Waals surface area contributed by atoms with Crippen LogP contribution in [0.25, 0.3) is 0 Å². The maximum atomic E-state index is 11.3. The number of nitrogens with zero attached hydrogens (tertiary/aromatic N) is 2. The lowest BCUT2D eigenvalue weighted by Gasteiger charge is -2.07. The van der Waals surface area contributed by atoms with Crippen LogP contribution < -0.4 is 0 Å². The topological polar surface area (TPSA) is 78.4 Å². The van der Waals surface area contributed by atoms with E-state index in [1.54, 1.807) is 13.8 Å². The number of carbonyl (C=O) groups excluding carboxylic acids is 2. The molecule has 0 fully saturated rings. The van der Waals surface area contributed by atoms with E-state index in [1.807, 2.05) is 0 Å². The van der Waals surface area contributed by atoms with E-state index in [4.69, 9.17) is 0 Å². The van der Waals surface area contributed by atoms with E-state index in [9.17, 15) is 9.59 Å². The molecule has 86 valence electrons. The first-order valence-corrected chi connectivity index (χ1v) is 4.53. The number of esters is 2. The van der Waals surface area contributed by atoms with E-state index in [-0.39, 0.29) is 11.4 Å². The van der Waals surface area contributed by atoms with Crippen LogP contribution in [0, 0.1) is 13.8 Å². The first-order chi connectivity index (χ1) is 7.51. The summed E-state index contributed by atoms with van der Waals surface area (Å²) in [5.74, 6) is -1.16. The third kappa shape index (κ3) is 2.16. The summed E-state index contributed by atoms with van der Waals surface area (Å²) in [4.78, 5) is 30.5. The van der Waals surface area contributed by atoms with Crippen LogP contribution in [0.2, 0.25) is 0 Å². The van der Waals surface area contributed by atoms with Crippen molar-refractivity contribution in [1.29, 1.82) is 0 Å². The fourth-order valence-corrected chi connectivity index (χ4v) is 1.18. The van der Waals surface area contributed by atoms with Crippen molar-refractivity contribution in [2.45, 2.75) is 13.8 Å². The van der Waals surface area contributed by atoms with E-state index in [0.717, 1.165) is 0 Å². The van der Waals surface area contributed by atoms with Crippen LogP contribution in [0.3, 0.4) is 0 Å². The Balaban J connectivity index is 3.27. The minimum Gasteiger partial charge on any atom is -0.464 e. The number of hydrogen-bond donors (Lipinski definition) is 0. The Labute approximate surface area is 92.6 Å². The first-order valence-electron chi connectivity index (χ1n) is 4.53. The van der Waals surface area contributed by atoms with Crippen molar-refractivity contribution in [2.24, 2.45) is 0 Å².